The molecule has 3 heterocycles. The van der Waals surface area contributed by atoms with E-state index in [1.165, 1.54) is 12.1 Å². The molecule has 2 amide bonds. The minimum Gasteiger partial charge on any atom is -0.361 e. The van der Waals surface area contributed by atoms with E-state index in [1.54, 1.807) is 18.3 Å². The maximum atomic E-state index is 13.9. The van der Waals surface area contributed by atoms with E-state index in [9.17, 15) is 14.0 Å². The third kappa shape index (κ3) is 3.85. The van der Waals surface area contributed by atoms with E-state index < -0.39 is 0 Å². The molecule has 2 aromatic carbocycles. The summed E-state index contributed by atoms with van der Waals surface area (Å²) in [6.07, 6.45) is 3.53. The normalized spacial score (nSPS) is 17.4. The lowest BCUT2D eigenvalue weighted by molar-refractivity contribution is -0.110. The molecule has 2 N–H and O–H groups in total. The van der Waals surface area contributed by atoms with E-state index in [2.05, 4.69) is 15.2 Å². The lowest BCUT2D eigenvalue weighted by Crippen LogP contribution is -2.47. The summed E-state index contributed by atoms with van der Waals surface area (Å²) in [6, 6.07) is 11.9. The van der Waals surface area contributed by atoms with Crippen molar-refractivity contribution >= 4 is 29.2 Å². The Bertz CT molecular complexity index is 1290. The lowest BCUT2D eigenvalue weighted by Gasteiger charge is -2.32. The van der Waals surface area contributed by atoms with Gasteiger partial charge in [-0.25, -0.2) is 4.39 Å². The molecule has 168 valence electrons. The number of carbonyl (C=O) groups is 2. The Balaban J connectivity index is 1.58. The number of aromatic nitrogens is 1. The van der Waals surface area contributed by atoms with Crippen LogP contribution in [0.2, 0.25) is 0 Å². The fourth-order valence-corrected chi connectivity index (χ4v) is 4.54. The van der Waals surface area contributed by atoms with Gasteiger partial charge < -0.3 is 20.1 Å². The summed E-state index contributed by atoms with van der Waals surface area (Å²) in [4.78, 5) is 33.5. The number of halogens is 1. The number of likely N-dealkylation sites (N-methyl/N-ethyl adjacent to an activating group) is 1. The molecule has 6 nitrogen and oxygen atoms in total. The Kier molecular flexibility index (Phi) is 5.34. The Morgan fingerprint density at radius 3 is 2.61 bits per heavy atom. The summed E-state index contributed by atoms with van der Waals surface area (Å²) in [5.41, 5.74) is 5.28. The largest absolute Gasteiger partial charge is 0.361 e. The van der Waals surface area contributed by atoms with E-state index in [0.717, 1.165) is 24.2 Å². The number of anilines is 1. The summed E-state index contributed by atoms with van der Waals surface area (Å²) in [5, 5.41) is 2.90. The molecule has 1 saturated heterocycles. The van der Waals surface area contributed by atoms with Crippen LogP contribution in [-0.2, 0) is 4.79 Å². The Labute approximate surface area is 191 Å². The lowest BCUT2D eigenvalue weighted by atomic mass is 9.94. The average Bonchev–Trinajstić information content (AvgIpc) is 3.33. The summed E-state index contributed by atoms with van der Waals surface area (Å²) in [5.74, 6) is -0.627. The number of rotatable bonds is 3. The average molecular weight is 445 g/mol. The highest BCUT2D eigenvalue weighted by molar-refractivity contribution is 6.36. The van der Waals surface area contributed by atoms with Gasteiger partial charge in [-0.05, 0) is 54.9 Å². The van der Waals surface area contributed by atoms with Crippen molar-refractivity contribution in [3.63, 3.8) is 0 Å². The third-order valence-electron chi connectivity index (χ3n) is 6.36. The van der Waals surface area contributed by atoms with Crippen LogP contribution in [0.25, 0.3) is 22.8 Å². The van der Waals surface area contributed by atoms with Crippen LogP contribution < -0.4 is 5.32 Å². The van der Waals surface area contributed by atoms with Crippen LogP contribution in [0.4, 0.5) is 10.1 Å². The van der Waals surface area contributed by atoms with Gasteiger partial charge in [-0.1, -0.05) is 24.3 Å². The number of aryl methyl sites for hydroxylation is 1. The molecule has 0 atom stereocenters. The number of nitrogens with zero attached hydrogens (tertiary/aromatic N) is 2. The van der Waals surface area contributed by atoms with E-state index >= 15 is 0 Å². The molecular weight excluding hydrogens is 419 g/mol. The van der Waals surface area contributed by atoms with Gasteiger partial charge in [0.05, 0.1) is 16.8 Å². The molecule has 3 aromatic rings. The van der Waals surface area contributed by atoms with Crippen LogP contribution in [0.5, 0.6) is 0 Å². The van der Waals surface area contributed by atoms with Gasteiger partial charge in [0.25, 0.3) is 11.8 Å². The van der Waals surface area contributed by atoms with Crippen LogP contribution in [0.1, 0.15) is 27.2 Å². The second kappa shape index (κ2) is 8.33. The highest BCUT2D eigenvalue weighted by Crippen LogP contribution is 2.40. The van der Waals surface area contributed by atoms with Crippen molar-refractivity contribution in [2.45, 2.75) is 6.92 Å². The van der Waals surface area contributed by atoms with Crippen LogP contribution in [-0.4, -0.2) is 59.8 Å². The number of hydrogen-bond acceptors (Lipinski definition) is 3. The molecular formula is C26H25FN4O2. The first-order chi connectivity index (χ1) is 15.9. The zero-order valence-electron chi connectivity index (χ0n) is 18.6. The first kappa shape index (κ1) is 21.2. The zero-order valence-corrected chi connectivity index (χ0v) is 18.6. The van der Waals surface area contributed by atoms with Crippen LogP contribution in [0.3, 0.4) is 0 Å². The van der Waals surface area contributed by atoms with Gasteiger partial charge in [-0.15, -0.1) is 0 Å². The fraction of sp³-hybridized carbons (Fsp3) is 0.231. The highest BCUT2D eigenvalue weighted by atomic mass is 19.1. The number of piperazine rings is 1. The van der Waals surface area contributed by atoms with Gasteiger partial charge in [0.15, 0.2) is 0 Å². The molecule has 0 spiro atoms. The minimum absolute atomic E-state index is 0.0363. The first-order valence-corrected chi connectivity index (χ1v) is 11.0. The van der Waals surface area contributed by atoms with Gasteiger partial charge in [0, 0.05) is 43.6 Å². The summed E-state index contributed by atoms with van der Waals surface area (Å²) in [6.45, 7) is 4.89. The Morgan fingerprint density at radius 2 is 1.85 bits per heavy atom. The molecule has 7 heteroatoms. The number of carbonyl (C=O) groups excluding carboxylic acids is 2. The molecule has 0 saturated carbocycles. The maximum Gasteiger partial charge on any atom is 0.256 e. The van der Waals surface area contributed by atoms with Gasteiger partial charge >= 0.3 is 0 Å². The first-order valence-electron chi connectivity index (χ1n) is 11.0. The number of hydrogen-bond donors (Lipinski definition) is 2. The van der Waals surface area contributed by atoms with E-state index in [1.807, 2.05) is 43.1 Å². The number of fused-ring (bicyclic) bond motifs is 1. The van der Waals surface area contributed by atoms with Crippen molar-refractivity contribution in [1.82, 2.24) is 14.8 Å². The van der Waals surface area contributed by atoms with Gasteiger partial charge in [0.1, 0.15) is 5.82 Å². The van der Waals surface area contributed by atoms with Gasteiger partial charge in [0.2, 0.25) is 0 Å². The van der Waals surface area contributed by atoms with Crippen molar-refractivity contribution in [3.05, 3.63) is 76.9 Å². The predicted molar refractivity (Wildman–Crippen MR) is 127 cm³/mol. The summed E-state index contributed by atoms with van der Waals surface area (Å²) >= 11 is 0. The van der Waals surface area contributed by atoms with Crippen LogP contribution in [0.15, 0.2) is 48.7 Å². The molecule has 2 aliphatic heterocycles. The number of nitrogens with one attached hydrogen (secondary N) is 2. The number of amides is 2. The SMILES string of the molecule is Cc1c[nH]c(/C=C2\C(=O)Nc3cccc(-c4cccc(F)c4)c32)c1C(=O)N1CCN(C)CC1. The molecule has 0 radical (unpaired) electrons. The standard InChI is InChI=1S/C26H25FN4O2/c1-16-15-28-22(23(16)26(33)31-11-9-30(2)10-12-31)14-20-24-19(17-5-3-6-18(27)13-17)7-4-8-21(24)29-25(20)32/h3-8,13-15,28H,9-12H2,1-2H3,(H,29,32)/b20-14-. The van der Waals surface area contributed by atoms with Crippen molar-refractivity contribution in [2.24, 2.45) is 0 Å². The molecule has 0 bridgehead atoms. The quantitative estimate of drug-likeness (QED) is 0.600. The van der Waals surface area contributed by atoms with E-state index in [0.29, 0.717) is 46.7 Å². The molecule has 1 fully saturated rings. The summed E-state index contributed by atoms with van der Waals surface area (Å²) in [7, 11) is 2.05. The molecule has 33 heavy (non-hydrogen) atoms. The number of aromatic amines is 1. The Hall–Kier alpha value is -3.71. The van der Waals surface area contributed by atoms with Gasteiger partial charge in [-0.3, -0.25) is 9.59 Å². The zero-order chi connectivity index (χ0) is 23.1. The molecule has 1 aromatic heterocycles. The minimum atomic E-state index is -0.340. The van der Waals surface area contributed by atoms with Crippen LogP contribution in [0, 0.1) is 12.7 Å². The summed E-state index contributed by atoms with van der Waals surface area (Å²) < 4.78 is 13.9. The highest BCUT2D eigenvalue weighted by Gasteiger charge is 2.30. The van der Waals surface area contributed by atoms with Crippen molar-refractivity contribution in [2.75, 3.05) is 38.5 Å². The Morgan fingerprint density at radius 1 is 1.09 bits per heavy atom. The molecule has 5 rings (SSSR count). The molecule has 0 unspecified atom stereocenters. The van der Waals surface area contributed by atoms with Crippen molar-refractivity contribution in [1.29, 1.82) is 0 Å². The fourth-order valence-electron chi connectivity index (χ4n) is 4.54. The second-order valence-electron chi connectivity index (χ2n) is 8.61. The number of H-pyrrole nitrogens is 1. The van der Waals surface area contributed by atoms with Crippen molar-refractivity contribution in [3.8, 4) is 11.1 Å². The smallest absolute Gasteiger partial charge is 0.256 e. The van der Waals surface area contributed by atoms with E-state index in [4.69, 9.17) is 0 Å². The molecule has 2 aliphatic rings. The molecule has 0 aliphatic carbocycles. The van der Waals surface area contributed by atoms with Crippen LogP contribution >= 0.6 is 0 Å². The third-order valence-corrected chi connectivity index (χ3v) is 6.36. The topological polar surface area (TPSA) is 68.4 Å². The number of benzene rings is 2. The maximum absolute atomic E-state index is 13.9. The van der Waals surface area contributed by atoms with Crippen molar-refractivity contribution < 1.29 is 14.0 Å². The predicted octanol–water partition coefficient (Wildman–Crippen LogP) is 4.01. The van der Waals surface area contributed by atoms with Gasteiger partial charge in [-0.2, -0.15) is 0 Å². The second-order valence-corrected chi connectivity index (χ2v) is 8.61. The monoisotopic (exact) mass is 444 g/mol. The van der Waals surface area contributed by atoms with E-state index in [-0.39, 0.29) is 17.6 Å².